The van der Waals surface area contributed by atoms with E-state index in [1.165, 1.54) is 0 Å². The fourth-order valence-corrected chi connectivity index (χ4v) is 3.69. The first kappa shape index (κ1) is 17.8. The molecule has 0 bridgehead atoms. The standard InChI is InChI=1S/C22H26N2O3/c1-14(2)22(26)24-10-9-19-17(13-24)12-20(27-19)16-7-4-8-18(11-16)23-21(25)15-5-3-6-15/h4,7-8,11-12,14-15H,3,5-6,9-10,13H2,1-2H3,(H,23,25). The second-order valence-electron chi connectivity index (χ2n) is 7.92. The minimum atomic E-state index is 0.00822. The molecule has 1 aromatic heterocycles. The number of hydrogen-bond donors (Lipinski definition) is 1. The molecule has 1 fully saturated rings. The molecule has 1 aliphatic carbocycles. The maximum absolute atomic E-state index is 12.3. The molecular formula is C22H26N2O3. The van der Waals surface area contributed by atoms with Gasteiger partial charge in [0.2, 0.25) is 11.8 Å². The van der Waals surface area contributed by atoms with Gasteiger partial charge in [-0.3, -0.25) is 9.59 Å². The summed E-state index contributed by atoms with van der Waals surface area (Å²) < 4.78 is 6.07. The third-order valence-corrected chi connectivity index (χ3v) is 5.56. The number of hydrogen-bond acceptors (Lipinski definition) is 3. The van der Waals surface area contributed by atoms with Crippen molar-refractivity contribution >= 4 is 17.5 Å². The third-order valence-electron chi connectivity index (χ3n) is 5.56. The van der Waals surface area contributed by atoms with Crippen LogP contribution in [0.5, 0.6) is 0 Å². The summed E-state index contributed by atoms with van der Waals surface area (Å²) in [6.07, 6.45) is 3.86. The topological polar surface area (TPSA) is 62.6 Å². The quantitative estimate of drug-likeness (QED) is 0.881. The lowest BCUT2D eigenvalue weighted by atomic mass is 9.85. The minimum Gasteiger partial charge on any atom is -0.461 e. The van der Waals surface area contributed by atoms with Crippen LogP contribution in [-0.4, -0.2) is 23.3 Å². The highest BCUT2D eigenvalue weighted by Crippen LogP contribution is 2.32. The van der Waals surface area contributed by atoms with Crippen molar-refractivity contribution in [2.75, 3.05) is 11.9 Å². The molecule has 2 aliphatic rings. The van der Waals surface area contributed by atoms with Crippen LogP contribution in [-0.2, 0) is 22.6 Å². The summed E-state index contributed by atoms with van der Waals surface area (Å²) in [4.78, 5) is 26.4. The maximum Gasteiger partial charge on any atom is 0.227 e. The Balaban J connectivity index is 1.51. The molecule has 1 aromatic carbocycles. The van der Waals surface area contributed by atoms with Gasteiger partial charge in [-0.25, -0.2) is 0 Å². The van der Waals surface area contributed by atoms with Crippen LogP contribution in [0.15, 0.2) is 34.7 Å². The summed E-state index contributed by atoms with van der Waals surface area (Å²) in [7, 11) is 0. The Bertz CT molecular complexity index is 864. The van der Waals surface area contributed by atoms with E-state index in [2.05, 4.69) is 5.32 Å². The highest BCUT2D eigenvalue weighted by Gasteiger charge is 2.27. The molecule has 2 amide bonds. The van der Waals surface area contributed by atoms with Crippen LogP contribution < -0.4 is 5.32 Å². The average Bonchev–Trinajstić information content (AvgIpc) is 3.02. The third kappa shape index (κ3) is 3.64. The molecule has 142 valence electrons. The predicted octanol–water partition coefficient (Wildman–Crippen LogP) is 4.23. The van der Waals surface area contributed by atoms with Crippen LogP contribution in [0.25, 0.3) is 11.3 Å². The lowest BCUT2D eigenvalue weighted by Gasteiger charge is -2.27. The molecule has 0 atom stereocenters. The fraction of sp³-hybridized carbons (Fsp3) is 0.455. The average molecular weight is 366 g/mol. The van der Waals surface area contributed by atoms with Crippen LogP contribution in [0.4, 0.5) is 5.69 Å². The molecule has 1 aliphatic heterocycles. The summed E-state index contributed by atoms with van der Waals surface area (Å²) in [6, 6.07) is 9.81. The monoisotopic (exact) mass is 366 g/mol. The Kier molecular flexibility index (Phi) is 4.77. The molecule has 5 heteroatoms. The number of carbonyl (C=O) groups excluding carboxylic acids is 2. The van der Waals surface area contributed by atoms with E-state index in [0.29, 0.717) is 13.1 Å². The molecule has 4 rings (SSSR count). The Labute approximate surface area is 159 Å². The van der Waals surface area contributed by atoms with Crippen LogP contribution >= 0.6 is 0 Å². The van der Waals surface area contributed by atoms with Crippen molar-refractivity contribution in [3.05, 3.63) is 41.7 Å². The molecule has 27 heavy (non-hydrogen) atoms. The normalized spacial score (nSPS) is 16.8. The summed E-state index contributed by atoms with van der Waals surface area (Å²) in [6.45, 7) is 5.17. The highest BCUT2D eigenvalue weighted by atomic mass is 16.3. The van der Waals surface area contributed by atoms with Gasteiger partial charge in [0.15, 0.2) is 0 Å². The zero-order valence-electron chi connectivity index (χ0n) is 16.0. The maximum atomic E-state index is 12.3. The second-order valence-corrected chi connectivity index (χ2v) is 7.92. The van der Waals surface area contributed by atoms with E-state index in [0.717, 1.165) is 54.0 Å². The van der Waals surface area contributed by atoms with Gasteiger partial charge in [-0.15, -0.1) is 0 Å². The van der Waals surface area contributed by atoms with E-state index in [1.807, 2.05) is 49.1 Å². The number of nitrogens with one attached hydrogen (secondary N) is 1. The number of fused-ring (bicyclic) bond motifs is 1. The fourth-order valence-electron chi connectivity index (χ4n) is 3.69. The van der Waals surface area contributed by atoms with Crippen molar-refractivity contribution in [1.82, 2.24) is 4.90 Å². The van der Waals surface area contributed by atoms with Crippen molar-refractivity contribution in [1.29, 1.82) is 0 Å². The largest absolute Gasteiger partial charge is 0.461 e. The van der Waals surface area contributed by atoms with Crippen molar-refractivity contribution in [2.45, 2.75) is 46.1 Å². The number of nitrogens with zero attached hydrogens (tertiary/aromatic N) is 1. The molecular weight excluding hydrogens is 340 g/mol. The van der Waals surface area contributed by atoms with E-state index in [-0.39, 0.29) is 23.7 Å². The smallest absolute Gasteiger partial charge is 0.227 e. The van der Waals surface area contributed by atoms with E-state index in [4.69, 9.17) is 4.42 Å². The molecule has 1 N–H and O–H groups in total. The molecule has 2 heterocycles. The van der Waals surface area contributed by atoms with Gasteiger partial charge in [-0.05, 0) is 31.0 Å². The number of rotatable bonds is 4. The van der Waals surface area contributed by atoms with Crippen LogP contribution in [0, 0.1) is 11.8 Å². The first-order chi connectivity index (χ1) is 13.0. The summed E-state index contributed by atoms with van der Waals surface area (Å²) in [5, 5.41) is 3.02. The first-order valence-electron chi connectivity index (χ1n) is 9.83. The van der Waals surface area contributed by atoms with Gasteiger partial charge >= 0.3 is 0 Å². The van der Waals surface area contributed by atoms with Gasteiger partial charge < -0.3 is 14.6 Å². The summed E-state index contributed by atoms with van der Waals surface area (Å²) in [5.74, 6) is 2.22. The number of amides is 2. The van der Waals surface area contributed by atoms with Gasteiger partial charge in [-0.1, -0.05) is 32.4 Å². The van der Waals surface area contributed by atoms with Crippen LogP contribution in [0.3, 0.4) is 0 Å². The first-order valence-corrected chi connectivity index (χ1v) is 9.83. The van der Waals surface area contributed by atoms with Crippen molar-refractivity contribution in [3.63, 3.8) is 0 Å². The van der Waals surface area contributed by atoms with E-state index >= 15 is 0 Å². The molecule has 1 saturated carbocycles. The Morgan fingerprint density at radius 3 is 2.74 bits per heavy atom. The molecule has 0 unspecified atom stereocenters. The van der Waals surface area contributed by atoms with Gasteiger partial charge in [0, 0.05) is 48.2 Å². The lowest BCUT2D eigenvalue weighted by Crippen LogP contribution is -2.37. The highest BCUT2D eigenvalue weighted by molar-refractivity contribution is 5.93. The number of carbonyl (C=O) groups is 2. The predicted molar refractivity (Wildman–Crippen MR) is 104 cm³/mol. The van der Waals surface area contributed by atoms with Gasteiger partial charge in [-0.2, -0.15) is 0 Å². The summed E-state index contributed by atoms with van der Waals surface area (Å²) >= 11 is 0. The lowest BCUT2D eigenvalue weighted by molar-refractivity contribution is -0.135. The molecule has 0 spiro atoms. The molecule has 0 saturated heterocycles. The minimum absolute atomic E-state index is 0.00822. The number of furan rings is 1. The Hall–Kier alpha value is -2.56. The van der Waals surface area contributed by atoms with Crippen LogP contribution in [0.2, 0.25) is 0 Å². The van der Waals surface area contributed by atoms with Gasteiger partial charge in [0.1, 0.15) is 11.5 Å². The molecule has 2 aromatic rings. The number of benzene rings is 1. The van der Waals surface area contributed by atoms with E-state index < -0.39 is 0 Å². The zero-order valence-corrected chi connectivity index (χ0v) is 16.0. The van der Waals surface area contributed by atoms with E-state index in [1.54, 1.807) is 0 Å². The molecule has 5 nitrogen and oxygen atoms in total. The zero-order chi connectivity index (χ0) is 19.0. The second kappa shape index (κ2) is 7.22. The van der Waals surface area contributed by atoms with Gasteiger partial charge in [0.05, 0.1) is 0 Å². The van der Waals surface area contributed by atoms with Crippen molar-refractivity contribution < 1.29 is 14.0 Å². The van der Waals surface area contributed by atoms with Gasteiger partial charge in [0.25, 0.3) is 0 Å². The SMILES string of the molecule is CC(C)C(=O)N1CCc2oc(-c3cccc(NC(=O)C4CCC4)c3)cc2C1. The van der Waals surface area contributed by atoms with E-state index in [9.17, 15) is 9.59 Å². The number of anilines is 1. The Morgan fingerprint density at radius 2 is 2.04 bits per heavy atom. The van der Waals surface area contributed by atoms with Crippen molar-refractivity contribution in [2.24, 2.45) is 11.8 Å². The van der Waals surface area contributed by atoms with Crippen LogP contribution in [0.1, 0.15) is 44.4 Å². The Morgan fingerprint density at radius 1 is 1.22 bits per heavy atom. The molecule has 0 radical (unpaired) electrons. The summed E-state index contributed by atoms with van der Waals surface area (Å²) in [5.41, 5.74) is 2.82. The van der Waals surface area contributed by atoms with Crippen molar-refractivity contribution in [3.8, 4) is 11.3 Å².